The molecule has 0 radical (unpaired) electrons. The van der Waals surface area contributed by atoms with Crippen LogP contribution >= 0.6 is 11.8 Å². The minimum atomic E-state index is 0.306. The molecular weight excluding hydrogens is 847 g/mol. The van der Waals surface area contributed by atoms with Crippen LogP contribution in [0.25, 0.3) is 21.9 Å². The molecule has 0 amide bonds. The van der Waals surface area contributed by atoms with Gasteiger partial charge in [0.1, 0.15) is 30.4 Å². The van der Waals surface area contributed by atoms with E-state index in [1.54, 1.807) is 0 Å². The van der Waals surface area contributed by atoms with Crippen molar-refractivity contribution in [2.24, 2.45) is 5.92 Å². The molecule has 6 rings (SSSR count). The summed E-state index contributed by atoms with van der Waals surface area (Å²) in [5.41, 5.74) is 7.96. The summed E-state index contributed by atoms with van der Waals surface area (Å²) >= 11 is 1.85. The Morgan fingerprint density at radius 2 is 0.955 bits per heavy atom. The third-order valence-corrected chi connectivity index (χ3v) is 14.9. The van der Waals surface area contributed by atoms with Crippen molar-refractivity contribution in [1.29, 1.82) is 0 Å². The molecule has 1 atom stereocenters. The van der Waals surface area contributed by atoms with Crippen LogP contribution in [0.3, 0.4) is 0 Å². The number of ether oxygens (including phenoxy) is 5. The van der Waals surface area contributed by atoms with E-state index >= 15 is 0 Å². The van der Waals surface area contributed by atoms with E-state index in [2.05, 4.69) is 109 Å². The predicted molar refractivity (Wildman–Crippen MR) is 284 cm³/mol. The highest BCUT2D eigenvalue weighted by atomic mass is 32.2. The molecule has 67 heavy (non-hydrogen) atoms. The van der Waals surface area contributed by atoms with Gasteiger partial charge in [0.05, 0.1) is 70.6 Å². The van der Waals surface area contributed by atoms with Crippen molar-refractivity contribution in [3.05, 3.63) is 89.0 Å². The van der Waals surface area contributed by atoms with Gasteiger partial charge < -0.3 is 28.2 Å². The van der Waals surface area contributed by atoms with Crippen LogP contribution in [-0.4, -0.2) is 78.4 Å². The van der Waals surface area contributed by atoms with Crippen LogP contribution < -0.4 is 14.2 Å². The second-order valence-corrected chi connectivity index (χ2v) is 21.4. The summed E-state index contributed by atoms with van der Waals surface area (Å²) in [5, 5.41) is 2.39. The van der Waals surface area contributed by atoms with Crippen LogP contribution in [0, 0.1) is 5.92 Å². The first-order chi connectivity index (χ1) is 32.8. The molecule has 0 aromatic heterocycles. The molecule has 0 N–H and O–H groups in total. The Bertz CT molecular complexity index is 2030. The van der Waals surface area contributed by atoms with Crippen molar-refractivity contribution in [1.82, 2.24) is 0 Å². The highest BCUT2D eigenvalue weighted by Gasteiger charge is 2.35. The highest BCUT2D eigenvalue weighted by molar-refractivity contribution is 7.99. The fraction of sp³-hybridized carbons (Fsp3) is 0.600. The molecule has 0 bridgehead atoms. The monoisotopic (exact) mass is 935 g/mol. The van der Waals surface area contributed by atoms with Crippen LogP contribution in [-0.2, 0) is 15.9 Å². The average Bonchev–Trinajstić information content (AvgIpc) is 3.65. The molecule has 368 valence electrons. The van der Waals surface area contributed by atoms with Crippen LogP contribution in [0.1, 0.15) is 171 Å². The molecule has 6 nitrogen and oxygen atoms in total. The Balaban J connectivity index is 1.21. The summed E-state index contributed by atoms with van der Waals surface area (Å²) in [4.78, 5) is 2.42. The molecule has 1 aliphatic carbocycles. The number of nitrogens with zero attached hydrogens (tertiary/aromatic N) is 1. The van der Waals surface area contributed by atoms with Gasteiger partial charge in [-0.3, -0.25) is 0 Å². The SMILES string of the molecule is CCCCCCCCCCCCOc1cccc2c1Sc1c(OCCCCCCCCCCCC)cccc1C2=C1c2c(cc(OCCOCCOCC[N+](C)(C)C)c3ccccc23)CC1C. The van der Waals surface area contributed by atoms with Crippen molar-refractivity contribution >= 4 is 33.7 Å². The first-order valence-corrected chi connectivity index (χ1v) is 27.7. The van der Waals surface area contributed by atoms with Gasteiger partial charge in [0, 0.05) is 16.5 Å². The Labute approximate surface area is 411 Å². The summed E-state index contributed by atoms with van der Waals surface area (Å²) in [5.74, 6) is 3.22. The maximum Gasteiger partial charge on any atom is 0.133 e. The normalized spacial score (nSPS) is 14.4. The number of unbranched alkanes of at least 4 members (excludes halogenated alkanes) is 18. The van der Waals surface area contributed by atoms with Crippen molar-refractivity contribution < 1.29 is 28.2 Å². The number of rotatable bonds is 34. The fourth-order valence-corrected chi connectivity index (χ4v) is 11.1. The number of likely N-dealkylation sites (N-methyl/N-ethyl adjacent to an activating group) is 1. The maximum absolute atomic E-state index is 6.77. The Hall–Kier alpha value is -3.49. The van der Waals surface area contributed by atoms with E-state index in [0.717, 1.165) is 72.7 Å². The molecule has 2 aliphatic rings. The van der Waals surface area contributed by atoms with Crippen molar-refractivity contribution in [2.45, 2.75) is 165 Å². The highest BCUT2D eigenvalue weighted by Crippen LogP contribution is 2.57. The van der Waals surface area contributed by atoms with Crippen molar-refractivity contribution in [2.75, 3.05) is 73.9 Å². The molecule has 0 spiro atoms. The molecule has 0 fully saturated rings. The van der Waals surface area contributed by atoms with E-state index in [9.17, 15) is 0 Å². The summed E-state index contributed by atoms with van der Waals surface area (Å²) in [6.07, 6.45) is 27.3. The second-order valence-electron chi connectivity index (χ2n) is 20.4. The summed E-state index contributed by atoms with van der Waals surface area (Å²) in [6, 6.07) is 24.6. The zero-order chi connectivity index (χ0) is 47.1. The lowest BCUT2D eigenvalue weighted by molar-refractivity contribution is -0.870. The quantitative estimate of drug-likeness (QED) is 0.0303. The molecule has 4 aromatic carbocycles. The van der Waals surface area contributed by atoms with E-state index in [1.807, 2.05) is 11.8 Å². The molecule has 1 aliphatic heterocycles. The number of benzene rings is 4. The van der Waals surface area contributed by atoms with Gasteiger partial charge >= 0.3 is 0 Å². The summed E-state index contributed by atoms with van der Waals surface area (Å²) in [6.45, 7) is 12.4. The molecule has 0 saturated carbocycles. The van der Waals surface area contributed by atoms with Gasteiger partial charge in [-0.05, 0) is 71.0 Å². The van der Waals surface area contributed by atoms with E-state index in [0.29, 0.717) is 32.3 Å². The van der Waals surface area contributed by atoms with Gasteiger partial charge in [-0.1, -0.05) is 197 Å². The maximum atomic E-state index is 6.77. The van der Waals surface area contributed by atoms with E-state index in [1.165, 1.54) is 164 Å². The third-order valence-electron chi connectivity index (χ3n) is 13.6. The molecule has 1 unspecified atom stereocenters. The predicted octanol–water partition coefficient (Wildman–Crippen LogP) is 16.2. The summed E-state index contributed by atoms with van der Waals surface area (Å²) in [7, 11) is 6.55. The standard InChI is InChI=1S/C60H88NO5S/c1-7-9-11-13-15-17-19-21-23-27-38-64-53-35-29-33-51-58(52-34-30-36-54(60(52)67-59(51)53)65-39-28-24-22-20-18-16-14-12-10-8-2)56-47(3)45-48-46-55(49-31-25-26-32-50(49)57(48)56)66-44-43-63-42-41-62-40-37-61(4,5)6/h25-26,29-36,46-47H,7-24,27-28,37-45H2,1-6H3/q+1. The van der Waals surface area contributed by atoms with Crippen LogP contribution in [0.2, 0.25) is 0 Å². The smallest absolute Gasteiger partial charge is 0.133 e. The van der Waals surface area contributed by atoms with Crippen LogP contribution in [0.4, 0.5) is 0 Å². The molecule has 7 heteroatoms. The topological polar surface area (TPSA) is 46.2 Å². The number of fused-ring (bicyclic) bond motifs is 5. The van der Waals surface area contributed by atoms with Crippen molar-refractivity contribution in [3.8, 4) is 17.2 Å². The number of hydrogen-bond donors (Lipinski definition) is 0. The molecule has 0 saturated heterocycles. The zero-order valence-electron chi connectivity index (χ0n) is 42.8. The lowest BCUT2D eigenvalue weighted by Gasteiger charge is -2.29. The number of quaternary nitrogens is 1. The summed E-state index contributed by atoms with van der Waals surface area (Å²) < 4.78 is 32.7. The fourth-order valence-electron chi connectivity index (χ4n) is 9.86. The third kappa shape index (κ3) is 16.3. The molecule has 4 aromatic rings. The number of allylic oxidation sites excluding steroid dienone is 1. The van der Waals surface area contributed by atoms with Gasteiger partial charge in [0.2, 0.25) is 0 Å². The van der Waals surface area contributed by atoms with Gasteiger partial charge in [0.25, 0.3) is 0 Å². The van der Waals surface area contributed by atoms with Gasteiger partial charge in [0.15, 0.2) is 0 Å². The van der Waals surface area contributed by atoms with Crippen molar-refractivity contribution in [3.63, 3.8) is 0 Å². The Kier molecular flexibility index (Phi) is 22.8. The van der Waals surface area contributed by atoms with E-state index in [4.69, 9.17) is 23.7 Å². The largest absolute Gasteiger partial charge is 0.492 e. The molecular formula is C60H88NO5S+. The zero-order valence-corrected chi connectivity index (χ0v) is 43.6. The van der Waals surface area contributed by atoms with E-state index < -0.39 is 0 Å². The van der Waals surface area contributed by atoms with Gasteiger partial charge in [-0.2, -0.15) is 0 Å². The Morgan fingerprint density at radius 1 is 0.493 bits per heavy atom. The second kappa shape index (κ2) is 28.9. The van der Waals surface area contributed by atoms with Crippen LogP contribution in [0.15, 0.2) is 76.5 Å². The molecule has 1 heterocycles. The minimum Gasteiger partial charge on any atom is -0.492 e. The lowest BCUT2D eigenvalue weighted by atomic mass is 9.85. The minimum absolute atomic E-state index is 0.306. The first-order valence-electron chi connectivity index (χ1n) is 26.9. The van der Waals surface area contributed by atoms with Gasteiger partial charge in [-0.25, -0.2) is 0 Å². The average molecular weight is 935 g/mol. The van der Waals surface area contributed by atoms with Gasteiger partial charge in [-0.15, -0.1) is 0 Å². The first kappa shape index (κ1) is 52.9. The Morgan fingerprint density at radius 3 is 1.48 bits per heavy atom. The van der Waals surface area contributed by atoms with E-state index in [-0.39, 0.29) is 0 Å². The number of hydrogen-bond acceptors (Lipinski definition) is 6. The van der Waals surface area contributed by atoms with Crippen LogP contribution in [0.5, 0.6) is 17.2 Å². The lowest BCUT2D eigenvalue weighted by Crippen LogP contribution is -2.37.